The minimum Gasteiger partial charge on any atom is -0.870 e. The first-order chi connectivity index (χ1) is 6.24. The maximum absolute atomic E-state index is 2.35. The molecule has 0 unspecified atom stereocenters. The Hall–Kier alpha value is -0.0800. The summed E-state index contributed by atoms with van der Waals surface area (Å²) in [4.78, 5) is 0. The molecule has 14 heavy (non-hydrogen) atoms. The van der Waals surface area contributed by atoms with Crippen LogP contribution in [0, 0.1) is 0 Å². The topological polar surface area (TPSA) is 30.0 Å². The van der Waals surface area contributed by atoms with Gasteiger partial charge in [-0.25, -0.2) is 0 Å². The second kappa shape index (κ2) is 9.47. The molecule has 0 aliphatic heterocycles. The third kappa shape index (κ3) is 5.61. The van der Waals surface area contributed by atoms with Crippen LogP contribution in [0.25, 0.3) is 0 Å². The number of rotatable bonds is 8. The minimum absolute atomic E-state index is 0. The second-order valence-corrected chi connectivity index (χ2v) is 4.18. The molecule has 2 nitrogen and oxygen atoms in total. The Balaban J connectivity index is 0. The molecule has 0 rings (SSSR count). The van der Waals surface area contributed by atoms with E-state index >= 15 is 0 Å². The molecule has 0 atom stereocenters. The SMILES string of the molecule is CCCC[N+](CC)(CCC)CCC.[OH-]. The van der Waals surface area contributed by atoms with Gasteiger partial charge in [0.1, 0.15) is 0 Å². The van der Waals surface area contributed by atoms with Gasteiger partial charge in [-0.05, 0) is 26.2 Å². The zero-order chi connectivity index (χ0) is 10.2. The van der Waals surface area contributed by atoms with E-state index in [1.54, 1.807) is 0 Å². The molecule has 0 heterocycles. The molecule has 0 aliphatic carbocycles. The molecule has 0 aromatic heterocycles. The summed E-state index contributed by atoms with van der Waals surface area (Å²) >= 11 is 0. The molecule has 1 N–H and O–H groups in total. The smallest absolute Gasteiger partial charge is 0.0786 e. The molecule has 0 radical (unpaired) electrons. The van der Waals surface area contributed by atoms with Gasteiger partial charge in [0.25, 0.3) is 0 Å². The van der Waals surface area contributed by atoms with E-state index in [0.29, 0.717) is 0 Å². The second-order valence-electron chi connectivity index (χ2n) is 4.18. The van der Waals surface area contributed by atoms with Crippen LogP contribution in [0.5, 0.6) is 0 Å². The quantitative estimate of drug-likeness (QED) is 0.557. The van der Waals surface area contributed by atoms with Gasteiger partial charge < -0.3 is 9.96 Å². The number of quaternary nitrogens is 1. The van der Waals surface area contributed by atoms with Crippen LogP contribution in [0.1, 0.15) is 53.4 Å². The van der Waals surface area contributed by atoms with Crippen molar-refractivity contribution >= 4 is 0 Å². The Bertz CT molecular complexity index is 109. The van der Waals surface area contributed by atoms with Crippen molar-refractivity contribution in [2.75, 3.05) is 26.2 Å². The van der Waals surface area contributed by atoms with Crippen LogP contribution in [0.3, 0.4) is 0 Å². The van der Waals surface area contributed by atoms with Gasteiger partial charge in [-0.3, -0.25) is 0 Å². The Morgan fingerprint density at radius 3 is 1.50 bits per heavy atom. The summed E-state index contributed by atoms with van der Waals surface area (Å²) in [6.07, 6.45) is 5.40. The lowest BCUT2D eigenvalue weighted by Crippen LogP contribution is -2.49. The summed E-state index contributed by atoms with van der Waals surface area (Å²) < 4.78 is 1.36. The van der Waals surface area contributed by atoms with Crippen molar-refractivity contribution < 1.29 is 9.96 Å². The highest BCUT2D eigenvalue weighted by Gasteiger charge is 2.21. The van der Waals surface area contributed by atoms with Crippen LogP contribution in [0.4, 0.5) is 0 Å². The molecule has 0 amide bonds. The van der Waals surface area contributed by atoms with Crippen molar-refractivity contribution in [3.8, 4) is 0 Å². The number of hydrogen-bond acceptors (Lipinski definition) is 1. The zero-order valence-corrected chi connectivity index (χ0v) is 10.6. The number of unbranched alkanes of at least 4 members (excludes halogenated alkanes) is 1. The van der Waals surface area contributed by atoms with E-state index in [-0.39, 0.29) is 5.48 Å². The predicted molar refractivity (Wildman–Crippen MR) is 62.8 cm³/mol. The molecule has 0 saturated heterocycles. The fourth-order valence-electron chi connectivity index (χ4n) is 2.25. The van der Waals surface area contributed by atoms with Gasteiger partial charge >= 0.3 is 0 Å². The lowest BCUT2D eigenvalue weighted by molar-refractivity contribution is -0.926. The molecule has 88 valence electrons. The summed E-state index contributed by atoms with van der Waals surface area (Å²) in [5.41, 5.74) is 0. The van der Waals surface area contributed by atoms with Crippen LogP contribution in [-0.2, 0) is 0 Å². The van der Waals surface area contributed by atoms with Gasteiger partial charge in [-0.15, -0.1) is 0 Å². The number of hydrogen-bond donors (Lipinski definition) is 0. The average molecular weight is 203 g/mol. The van der Waals surface area contributed by atoms with Gasteiger partial charge in [0.2, 0.25) is 0 Å². The monoisotopic (exact) mass is 203 g/mol. The molecule has 0 spiro atoms. The Labute approximate surface area is 90.2 Å². The lowest BCUT2D eigenvalue weighted by atomic mass is 10.2. The third-order valence-corrected chi connectivity index (χ3v) is 3.05. The van der Waals surface area contributed by atoms with E-state index in [1.165, 1.54) is 56.3 Å². The van der Waals surface area contributed by atoms with E-state index in [1.807, 2.05) is 0 Å². The summed E-state index contributed by atoms with van der Waals surface area (Å²) in [6.45, 7) is 14.7. The van der Waals surface area contributed by atoms with Gasteiger partial charge in [0, 0.05) is 0 Å². The van der Waals surface area contributed by atoms with Crippen molar-refractivity contribution in [1.29, 1.82) is 0 Å². The average Bonchev–Trinajstić information content (AvgIpc) is 2.15. The van der Waals surface area contributed by atoms with Crippen LogP contribution >= 0.6 is 0 Å². The van der Waals surface area contributed by atoms with Crippen LogP contribution < -0.4 is 0 Å². The highest BCUT2D eigenvalue weighted by molar-refractivity contribution is 4.43. The maximum atomic E-state index is 2.35. The first-order valence-electron chi connectivity index (χ1n) is 6.09. The fraction of sp³-hybridized carbons (Fsp3) is 1.00. The first kappa shape index (κ1) is 16.4. The highest BCUT2D eigenvalue weighted by atomic mass is 16.0. The molecule has 0 aromatic rings. The Kier molecular flexibility index (Phi) is 11.1. The molecule has 0 saturated carbocycles. The molecule has 0 aliphatic rings. The summed E-state index contributed by atoms with van der Waals surface area (Å²) in [5.74, 6) is 0. The third-order valence-electron chi connectivity index (χ3n) is 3.05. The Morgan fingerprint density at radius 1 is 0.714 bits per heavy atom. The largest absolute Gasteiger partial charge is 0.870 e. The first-order valence-corrected chi connectivity index (χ1v) is 6.09. The van der Waals surface area contributed by atoms with Crippen LogP contribution in [0.15, 0.2) is 0 Å². The molecule has 0 aromatic carbocycles. The van der Waals surface area contributed by atoms with Crippen molar-refractivity contribution in [2.45, 2.75) is 53.4 Å². The van der Waals surface area contributed by atoms with Gasteiger partial charge in [0.15, 0.2) is 0 Å². The van der Waals surface area contributed by atoms with Gasteiger partial charge in [-0.1, -0.05) is 27.2 Å². The van der Waals surface area contributed by atoms with Crippen LogP contribution in [-0.4, -0.2) is 36.1 Å². The maximum Gasteiger partial charge on any atom is 0.0786 e. The summed E-state index contributed by atoms with van der Waals surface area (Å²) in [5, 5.41) is 0. The highest BCUT2D eigenvalue weighted by Crippen LogP contribution is 2.11. The fourth-order valence-corrected chi connectivity index (χ4v) is 2.25. The number of nitrogens with zero attached hydrogens (tertiary/aromatic N) is 1. The van der Waals surface area contributed by atoms with E-state index in [4.69, 9.17) is 0 Å². The minimum atomic E-state index is 0. The summed E-state index contributed by atoms with van der Waals surface area (Å²) in [6, 6.07) is 0. The normalized spacial score (nSPS) is 11.1. The van der Waals surface area contributed by atoms with Gasteiger partial charge in [-0.2, -0.15) is 0 Å². The van der Waals surface area contributed by atoms with E-state index in [2.05, 4.69) is 27.7 Å². The van der Waals surface area contributed by atoms with E-state index < -0.39 is 0 Å². The zero-order valence-electron chi connectivity index (χ0n) is 10.6. The van der Waals surface area contributed by atoms with Crippen molar-refractivity contribution in [1.82, 2.24) is 0 Å². The van der Waals surface area contributed by atoms with Crippen molar-refractivity contribution in [3.63, 3.8) is 0 Å². The van der Waals surface area contributed by atoms with E-state index in [0.717, 1.165) is 0 Å². The standard InChI is InChI=1S/C12H28N.H2O/c1-5-9-12-13(8-4,10-6-2)11-7-3;/h5-12H2,1-4H3;1H2/q+1;/p-1. The van der Waals surface area contributed by atoms with Gasteiger partial charge in [0.05, 0.1) is 26.2 Å². The molecular formula is C12H29NO. The Morgan fingerprint density at radius 2 is 1.21 bits per heavy atom. The van der Waals surface area contributed by atoms with E-state index in [9.17, 15) is 0 Å². The van der Waals surface area contributed by atoms with Crippen molar-refractivity contribution in [3.05, 3.63) is 0 Å². The van der Waals surface area contributed by atoms with Crippen molar-refractivity contribution in [2.24, 2.45) is 0 Å². The lowest BCUT2D eigenvalue weighted by Gasteiger charge is -2.37. The predicted octanol–water partition coefficient (Wildman–Crippen LogP) is 3.27. The molecule has 2 heteroatoms. The molecule has 0 fully saturated rings. The summed E-state index contributed by atoms with van der Waals surface area (Å²) in [7, 11) is 0. The van der Waals surface area contributed by atoms with Crippen LogP contribution in [0.2, 0.25) is 0 Å². The molecular weight excluding hydrogens is 174 g/mol. The molecule has 0 bridgehead atoms.